The van der Waals surface area contributed by atoms with E-state index in [9.17, 15) is 9.59 Å². The van der Waals surface area contributed by atoms with Crippen LogP contribution in [0.1, 0.15) is 39.7 Å². The fourth-order valence-corrected chi connectivity index (χ4v) is 4.71. The van der Waals surface area contributed by atoms with Gasteiger partial charge in [-0.25, -0.2) is 4.79 Å². The number of carbonyl (C=O) groups is 2. The number of nitrogens with one attached hydrogen (secondary N) is 1. The minimum atomic E-state index is -0.388. The fourth-order valence-electron chi connectivity index (χ4n) is 3.43. The molecule has 8 heteroatoms. The Morgan fingerprint density at radius 2 is 1.80 bits per heavy atom. The van der Waals surface area contributed by atoms with Crippen molar-refractivity contribution >= 4 is 34.3 Å². The van der Waals surface area contributed by atoms with Crippen LogP contribution in [-0.4, -0.2) is 39.8 Å². The van der Waals surface area contributed by atoms with Crippen LogP contribution in [0, 0.1) is 0 Å². The Morgan fingerprint density at radius 3 is 2.40 bits per heavy atom. The quantitative estimate of drug-likeness (QED) is 0.501. The first-order valence-electron chi connectivity index (χ1n) is 9.63. The van der Waals surface area contributed by atoms with E-state index in [1.165, 1.54) is 38.7 Å². The Morgan fingerprint density at radius 1 is 1.10 bits per heavy atom. The number of thiophene rings is 1. The molecule has 0 fully saturated rings. The topological polar surface area (TPSA) is 83.1 Å². The first-order chi connectivity index (χ1) is 14.5. The SMILES string of the molecule is CCOC(=O)c1c(NC(=O)C=Cc2cc(OC)c(OC)c(OC)c2)sc2c1CCC2. The molecular weight excluding hydrogens is 406 g/mol. The number of hydrogen-bond acceptors (Lipinski definition) is 7. The van der Waals surface area contributed by atoms with E-state index in [1.54, 1.807) is 25.1 Å². The molecule has 1 heterocycles. The molecule has 0 bridgehead atoms. The van der Waals surface area contributed by atoms with E-state index in [2.05, 4.69) is 5.32 Å². The zero-order valence-electron chi connectivity index (χ0n) is 17.5. The Bertz CT molecular complexity index is 953. The molecule has 1 aromatic heterocycles. The average molecular weight is 432 g/mol. The molecule has 30 heavy (non-hydrogen) atoms. The van der Waals surface area contributed by atoms with Crippen LogP contribution >= 0.6 is 11.3 Å². The Kier molecular flexibility index (Phi) is 6.99. The van der Waals surface area contributed by atoms with E-state index >= 15 is 0 Å². The first-order valence-corrected chi connectivity index (χ1v) is 10.4. The van der Waals surface area contributed by atoms with Crippen LogP contribution in [0.5, 0.6) is 17.2 Å². The Hall–Kier alpha value is -3.00. The number of ether oxygens (including phenoxy) is 4. The van der Waals surface area contributed by atoms with Gasteiger partial charge in [0.25, 0.3) is 0 Å². The molecule has 0 unspecified atom stereocenters. The number of anilines is 1. The molecule has 0 atom stereocenters. The van der Waals surface area contributed by atoms with Gasteiger partial charge in [-0.2, -0.15) is 0 Å². The molecule has 3 rings (SSSR count). The van der Waals surface area contributed by atoms with Crippen LogP contribution in [0.25, 0.3) is 6.08 Å². The van der Waals surface area contributed by atoms with E-state index in [0.717, 1.165) is 29.7 Å². The minimum absolute atomic E-state index is 0.290. The fraction of sp³-hybridized carbons (Fsp3) is 0.364. The van der Waals surface area contributed by atoms with E-state index in [1.807, 2.05) is 0 Å². The highest BCUT2D eigenvalue weighted by atomic mass is 32.1. The second kappa shape index (κ2) is 9.67. The van der Waals surface area contributed by atoms with Crippen molar-refractivity contribution < 1.29 is 28.5 Å². The lowest BCUT2D eigenvalue weighted by Crippen LogP contribution is -2.13. The highest BCUT2D eigenvalue weighted by Gasteiger charge is 2.28. The zero-order valence-corrected chi connectivity index (χ0v) is 18.3. The highest BCUT2D eigenvalue weighted by Crippen LogP contribution is 2.40. The molecule has 7 nitrogen and oxygen atoms in total. The molecule has 0 radical (unpaired) electrons. The summed E-state index contributed by atoms with van der Waals surface area (Å²) in [5.74, 6) is 0.746. The summed E-state index contributed by atoms with van der Waals surface area (Å²) in [5, 5.41) is 3.37. The number of hydrogen-bond donors (Lipinski definition) is 1. The van der Waals surface area contributed by atoms with Gasteiger partial charge in [0.1, 0.15) is 5.00 Å². The molecule has 1 aliphatic rings. The van der Waals surface area contributed by atoms with Gasteiger partial charge < -0.3 is 24.3 Å². The maximum atomic E-state index is 12.5. The van der Waals surface area contributed by atoms with E-state index in [4.69, 9.17) is 18.9 Å². The minimum Gasteiger partial charge on any atom is -0.493 e. The number of fused-ring (bicyclic) bond motifs is 1. The summed E-state index contributed by atoms with van der Waals surface area (Å²) in [6, 6.07) is 3.49. The van der Waals surface area contributed by atoms with Crippen molar-refractivity contribution in [2.24, 2.45) is 0 Å². The maximum absolute atomic E-state index is 12.5. The lowest BCUT2D eigenvalue weighted by molar-refractivity contribution is -0.111. The maximum Gasteiger partial charge on any atom is 0.341 e. The number of amides is 1. The van der Waals surface area contributed by atoms with Gasteiger partial charge >= 0.3 is 5.97 Å². The molecule has 1 aliphatic carbocycles. The van der Waals surface area contributed by atoms with Crippen molar-refractivity contribution in [1.82, 2.24) is 0 Å². The molecular formula is C22H25NO6S. The van der Waals surface area contributed by atoms with Gasteiger partial charge in [0.2, 0.25) is 11.7 Å². The smallest absolute Gasteiger partial charge is 0.341 e. The summed E-state index contributed by atoms with van der Waals surface area (Å²) in [6.07, 6.45) is 5.81. The highest BCUT2D eigenvalue weighted by molar-refractivity contribution is 7.17. The van der Waals surface area contributed by atoms with Gasteiger partial charge in [-0.05, 0) is 55.5 Å². The largest absolute Gasteiger partial charge is 0.493 e. The number of carbonyl (C=O) groups excluding carboxylic acids is 2. The Labute approximate surface area is 179 Å². The van der Waals surface area contributed by atoms with Gasteiger partial charge in [0, 0.05) is 11.0 Å². The molecule has 160 valence electrons. The standard InChI is InChI=1S/C22H25NO6S/c1-5-29-22(25)19-14-7-6-8-17(14)30-21(19)23-18(24)10-9-13-11-15(26-2)20(28-4)16(12-13)27-3/h9-12H,5-8H2,1-4H3,(H,23,24). The number of rotatable bonds is 8. The normalized spacial score (nSPS) is 12.5. The Balaban J connectivity index is 1.81. The second-order valence-corrected chi connectivity index (χ2v) is 7.67. The van der Waals surface area contributed by atoms with Crippen LogP contribution in [0.4, 0.5) is 5.00 Å². The molecule has 0 aliphatic heterocycles. The van der Waals surface area contributed by atoms with Crippen molar-refractivity contribution in [3.63, 3.8) is 0 Å². The lowest BCUT2D eigenvalue weighted by atomic mass is 10.1. The molecule has 1 amide bonds. The predicted molar refractivity (Wildman–Crippen MR) is 116 cm³/mol. The first kappa shape index (κ1) is 21.7. The third-order valence-corrected chi connectivity index (χ3v) is 5.96. The lowest BCUT2D eigenvalue weighted by Gasteiger charge is -2.12. The third kappa shape index (κ3) is 4.43. The number of benzene rings is 1. The average Bonchev–Trinajstić information content (AvgIpc) is 3.32. The summed E-state index contributed by atoms with van der Waals surface area (Å²) in [7, 11) is 4.59. The van der Waals surface area contributed by atoms with Crippen LogP contribution < -0.4 is 19.5 Å². The summed E-state index contributed by atoms with van der Waals surface area (Å²) in [4.78, 5) is 26.1. The van der Waals surface area contributed by atoms with Crippen LogP contribution in [0.3, 0.4) is 0 Å². The van der Waals surface area contributed by atoms with Gasteiger partial charge in [0.05, 0.1) is 33.5 Å². The molecule has 1 N–H and O–H groups in total. The van der Waals surface area contributed by atoms with E-state index in [-0.39, 0.29) is 18.5 Å². The monoisotopic (exact) mass is 431 g/mol. The van der Waals surface area contributed by atoms with Crippen molar-refractivity contribution in [2.75, 3.05) is 33.3 Å². The summed E-state index contributed by atoms with van der Waals surface area (Å²) in [5.41, 5.74) is 2.20. The molecule has 0 spiro atoms. The molecule has 1 aromatic carbocycles. The van der Waals surface area contributed by atoms with Crippen molar-refractivity contribution in [3.8, 4) is 17.2 Å². The van der Waals surface area contributed by atoms with Gasteiger partial charge in [-0.3, -0.25) is 4.79 Å². The van der Waals surface area contributed by atoms with Crippen LogP contribution in [0.15, 0.2) is 18.2 Å². The predicted octanol–water partition coefficient (Wildman–Crippen LogP) is 4.09. The van der Waals surface area contributed by atoms with Crippen molar-refractivity contribution in [2.45, 2.75) is 26.2 Å². The van der Waals surface area contributed by atoms with Gasteiger partial charge in [0.15, 0.2) is 11.5 Å². The van der Waals surface area contributed by atoms with Crippen LogP contribution in [0.2, 0.25) is 0 Å². The number of aryl methyl sites for hydroxylation is 1. The molecule has 0 saturated heterocycles. The molecule has 0 saturated carbocycles. The summed E-state index contributed by atoms with van der Waals surface area (Å²) >= 11 is 1.45. The third-order valence-electron chi connectivity index (χ3n) is 4.75. The van der Waals surface area contributed by atoms with Gasteiger partial charge in [-0.1, -0.05) is 0 Å². The second-order valence-electron chi connectivity index (χ2n) is 6.56. The van der Waals surface area contributed by atoms with Gasteiger partial charge in [-0.15, -0.1) is 11.3 Å². The zero-order chi connectivity index (χ0) is 21.7. The summed E-state index contributed by atoms with van der Waals surface area (Å²) < 4.78 is 21.2. The van der Waals surface area contributed by atoms with E-state index in [0.29, 0.717) is 33.4 Å². The van der Waals surface area contributed by atoms with Crippen molar-refractivity contribution in [3.05, 3.63) is 39.8 Å². The number of esters is 1. The van der Waals surface area contributed by atoms with Crippen molar-refractivity contribution in [1.29, 1.82) is 0 Å². The number of methoxy groups -OCH3 is 3. The molecule has 2 aromatic rings. The van der Waals surface area contributed by atoms with Crippen LogP contribution in [-0.2, 0) is 22.4 Å². The summed E-state index contributed by atoms with van der Waals surface area (Å²) in [6.45, 7) is 2.06. The van der Waals surface area contributed by atoms with E-state index < -0.39 is 0 Å².